The molecule has 0 unspecified atom stereocenters. The summed E-state index contributed by atoms with van der Waals surface area (Å²) in [5.41, 5.74) is 2.73. The van der Waals surface area contributed by atoms with Gasteiger partial charge < -0.3 is 19.6 Å². The Balaban J connectivity index is 0.00000172. The van der Waals surface area contributed by atoms with Crippen molar-refractivity contribution in [2.45, 2.75) is 34.1 Å². The van der Waals surface area contributed by atoms with Gasteiger partial charge in [0.25, 0.3) is 0 Å². The fourth-order valence-electron chi connectivity index (χ4n) is 2.40. The van der Waals surface area contributed by atoms with Crippen molar-refractivity contribution in [2.24, 2.45) is 5.16 Å². The summed E-state index contributed by atoms with van der Waals surface area (Å²) in [5, 5.41) is 6.72. The van der Waals surface area contributed by atoms with Crippen molar-refractivity contribution >= 4 is 29.1 Å². The summed E-state index contributed by atoms with van der Waals surface area (Å²) in [6.07, 6.45) is 9.55. The van der Waals surface area contributed by atoms with E-state index in [1.54, 1.807) is 36.4 Å². The highest BCUT2D eigenvalue weighted by Crippen LogP contribution is 2.28. The van der Waals surface area contributed by atoms with Gasteiger partial charge in [0.2, 0.25) is 5.91 Å². The monoisotopic (exact) mass is 448 g/mol. The molecule has 1 amide bonds. The first-order valence-corrected chi connectivity index (χ1v) is 10.6. The molecule has 0 aliphatic carbocycles. The van der Waals surface area contributed by atoms with Gasteiger partial charge in [-0.1, -0.05) is 56.1 Å². The molecule has 6 heteroatoms. The summed E-state index contributed by atoms with van der Waals surface area (Å²) in [5.74, 6) is 3.50. The minimum atomic E-state index is -0.308. The maximum Gasteiger partial charge on any atom is 0.248 e. The Labute approximate surface area is 196 Å². The third kappa shape index (κ3) is 9.79. The molecule has 6 nitrogen and oxygen atoms in total. The molecule has 2 aromatic rings. The van der Waals surface area contributed by atoms with Crippen LogP contribution < -0.4 is 14.8 Å². The minimum absolute atomic E-state index is 0.144. The Morgan fingerprint density at radius 1 is 1.18 bits per heavy atom. The molecule has 2 aromatic carbocycles. The number of nitrogens with zero attached hydrogens (tertiary/aromatic N) is 1. The van der Waals surface area contributed by atoms with Gasteiger partial charge in [-0.2, -0.15) is 0 Å². The van der Waals surface area contributed by atoms with E-state index >= 15 is 0 Å². The molecular formula is C27H32N2O4. The van der Waals surface area contributed by atoms with Crippen LogP contribution in [0.4, 0.5) is 5.69 Å². The second-order valence-electron chi connectivity index (χ2n) is 7.03. The Morgan fingerprint density at radius 2 is 1.88 bits per heavy atom. The van der Waals surface area contributed by atoms with Crippen molar-refractivity contribution < 1.29 is 19.1 Å². The fourth-order valence-corrected chi connectivity index (χ4v) is 2.40. The van der Waals surface area contributed by atoms with Crippen LogP contribution in [-0.4, -0.2) is 25.3 Å². The lowest BCUT2D eigenvalue weighted by atomic mass is 10.1. The zero-order chi connectivity index (χ0) is 24.6. The molecule has 0 saturated carbocycles. The lowest BCUT2D eigenvalue weighted by Gasteiger charge is -2.11. The first kappa shape index (κ1) is 27.1. The highest BCUT2D eigenvalue weighted by molar-refractivity contribution is 6.03. The van der Waals surface area contributed by atoms with E-state index in [9.17, 15) is 4.79 Å². The van der Waals surface area contributed by atoms with Gasteiger partial charge in [-0.3, -0.25) is 4.79 Å². The minimum Gasteiger partial charge on any atom is -0.493 e. The first-order valence-electron chi connectivity index (χ1n) is 10.6. The highest BCUT2D eigenvalue weighted by atomic mass is 16.6. The third-order valence-electron chi connectivity index (χ3n) is 3.75. The standard InChI is InChI=1S/C24H24N2O4.C3H8/c1-6-15-29-22-13-11-19(16-23(22)28-5)12-14-24(27)25-21-10-8-7-9-20(21)18(4)30-26-17(2)3;1-3-2/h1,7-14,16H,4,15H2,2-3,5H3,(H,25,27);3H2,1-2H3/b14-12+;. The van der Waals surface area contributed by atoms with Crippen molar-refractivity contribution in [1.29, 1.82) is 0 Å². The summed E-state index contributed by atoms with van der Waals surface area (Å²) in [6.45, 7) is 11.9. The highest BCUT2D eigenvalue weighted by Gasteiger charge is 2.09. The Hall–Kier alpha value is -3.98. The van der Waals surface area contributed by atoms with E-state index in [1.165, 1.54) is 19.6 Å². The van der Waals surface area contributed by atoms with Crippen molar-refractivity contribution in [3.63, 3.8) is 0 Å². The average molecular weight is 449 g/mol. The quantitative estimate of drug-likeness (QED) is 0.164. The Morgan fingerprint density at radius 3 is 2.52 bits per heavy atom. The zero-order valence-corrected chi connectivity index (χ0v) is 20.0. The number of anilines is 1. The van der Waals surface area contributed by atoms with E-state index in [2.05, 4.69) is 36.8 Å². The van der Waals surface area contributed by atoms with Crippen LogP contribution in [0.15, 0.2) is 60.3 Å². The van der Waals surface area contributed by atoms with Crippen LogP contribution in [0.1, 0.15) is 45.2 Å². The number of oxime groups is 1. The normalized spacial score (nSPS) is 9.70. The molecule has 174 valence electrons. The molecule has 0 spiro atoms. The van der Waals surface area contributed by atoms with Crippen LogP contribution in [0.2, 0.25) is 0 Å². The topological polar surface area (TPSA) is 69.2 Å². The first-order chi connectivity index (χ1) is 15.9. The molecule has 0 radical (unpaired) electrons. The molecule has 0 saturated heterocycles. The maximum absolute atomic E-state index is 12.4. The van der Waals surface area contributed by atoms with Crippen LogP contribution in [0, 0.1) is 12.3 Å². The molecule has 0 aromatic heterocycles. The molecule has 0 bridgehead atoms. The maximum atomic E-state index is 12.4. The molecule has 0 aliphatic rings. The summed E-state index contributed by atoms with van der Waals surface area (Å²) in [4.78, 5) is 17.7. The lowest BCUT2D eigenvalue weighted by molar-refractivity contribution is -0.111. The van der Waals surface area contributed by atoms with Crippen LogP contribution >= 0.6 is 0 Å². The SMILES string of the molecule is C#CCOc1ccc(/C=C/C(=O)Nc2ccccc2C(=C)ON=C(C)C)cc1OC.CCC. The van der Waals surface area contributed by atoms with Crippen LogP contribution in [0.5, 0.6) is 11.5 Å². The Kier molecular flexibility index (Phi) is 12.2. The van der Waals surface area contributed by atoms with Gasteiger partial charge in [-0.05, 0) is 49.8 Å². The van der Waals surface area contributed by atoms with Gasteiger partial charge in [0.15, 0.2) is 17.3 Å². The number of nitrogens with one attached hydrogen (secondary N) is 1. The van der Waals surface area contributed by atoms with Gasteiger partial charge in [-0.15, -0.1) is 6.42 Å². The number of hydrogen-bond acceptors (Lipinski definition) is 5. The van der Waals surface area contributed by atoms with Crippen molar-refractivity contribution in [1.82, 2.24) is 0 Å². The predicted molar refractivity (Wildman–Crippen MR) is 136 cm³/mol. The van der Waals surface area contributed by atoms with Gasteiger partial charge in [0.05, 0.1) is 18.5 Å². The number of rotatable bonds is 9. The number of benzene rings is 2. The third-order valence-corrected chi connectivity index (χ3v) is 3.75. The van der Waals surface area contributed by atoms with Crippen molar-refractivity contribution in [2.75, 3.05) is 19.0 Å². The molecule has 2 rings (SSSR count). The smallest absolute Gasteiger partial charge is 0.248 e. The van der Waals surface area contributed by atoms with Crippen molar-refractivity contribution in [3.8, 4) is 23.8 Å². The van der Waals surface area contributed by atoms with E-state index in [0.29, 0.717) is 28.5 Å². The van der Waals surface area contributed by atoms with E-state index in [0.717, 1.165) is 11.3 Å². The van der Waals surface area contributed by atoms with E-state index in [4.69, 9.17) is 20.7 Å². The molecule has 0 atom stereocenters. The zero-order valence-electron chi connectivity index (χ0n) is 20.0. The number of terminal acetylenes is 1. The summed E-state index contributed by atoms with van der Waals surface area (Å²) >= 11 is 0. The average Bonchev–Trinajstić information content (AvgIpc) is 2.81. The van der Waals surface area contributed by atoms with E-state index in [-0.39, 0.29) is 12.5 Å². The van der Waals surface area contributed by atoms with Gasteiger partial charge >= 0.3 is 0 Å². The Bertz CT molecular complexity index is 1030. The van der Waals surface area contributed by atoms with Gasteiger partial charge in [-0.25, -0.2) is 0 Å². The number of amides is 1. The summed E-state index contributed by atoms with van der Waals surface area (Å²) in [7, 11) is 1.54. The second kappa shape index (κ2) is 14.9. The number of methoxy groups -OCH3 is 1. The molecule has 0 heterocycles. The summed E-state index contributed by atoms with van der Waals surface area (Å²) in [6, 6.07) is 12.5. The molecule has 0 fully saturated rings. The lowest BCUT2D eigenvalue weighted by Crippen LogP contribution is -2.09. The van der Waals surface area contributed by atoms with E-state index < -0.39 is 0 Å². The number of carbonyl (C=O) groups is 1. The van der Waals surface area contributed by atoms with Gasteiger partial charge in [0.1, 0.15) is 6.61 Å². The second-order valence-corrected chi connectivity index (χ2v) is 7.03. The largest absolute Gasteiger partial charge is 0.493 e. The number of hydrogen-bond donors (Lipinski definition) is 1. The number of ether oxygens (including phenoxy) is 2. The van der Waals surface area contributed by atoms with Crippen LogP contribution in [0.3, 0.4) is 0 Å². The fraction of sp³-hybridized carbons (Fsp3) is 0.259. The molecular weight excluding hydrogens is 416 g/mol. The number of carbonyl (C=O) groups excluding carboxylic acids is 1. The summed E-state index contributed by atoms with van der Waals surface area (Å²) < 4.78 is 10.7. The van der Waals surface area contributed by atoms with Gasteiger partial charge in [0, 0.05) is 11.6 Å². The van der Waals surface area contributed by atoms with Crippen LogP contribution in [0.25, 0.3) is 11.8 Å². The number of para-hydroxylation sites is 1. The molecule has 1 N–H and O–H groups in total. The van der Waals surface area contributed by atoms with E-state index in [1.807, 2.05) is 26.0 Å². The van der Waals surface area contributed by atoms with Crippen molar-refractivity contribution in [3.05, 3.63) is 66.2 Å². The molecule has 0 aliphatic heterocycles. The molecule has 33 heavy (non-hydrogen) atoms. The predicted octanol–water partition coefficient (Wildman–Crippen LogP) is 6.16. The van der Waals surface area contributed by atoms with Crippen LogP contribution in [-0.2, 0) is 9.63 Å².